The lowest BCUT2D eigenvalue weighted by molar-refractivity contribution is 0.235. The van der Waals surface area contributed by atoms with Crippen molar-refractivity contribution in [3.05, 3.63) is 47.7 Å². The summed E-state index contributed by atoms with van der Waals surface area (Å²) in [5.74, 6) is 2.57. The summed E-state index contributed by atoms with van der Waals surface area (Å²) in [6.07, 6.45) is 4.46. The lowest BCUT2D eigenvalue weighted by Gasteiger charge is -2.13. The van der Waals surface area contributed by atoms with E-state index in [1.165, 1.54) is 6.42 Å². The van der Waals surface area contributed by atoms with E-state index in [0.717, 1.165) is 54.2 Å². The van der Waals surface area contributed by atoms with Crippen LogP contribution in [0, 0.1) is 0 Å². The van der Waals surface area contributed by atoms with Crippen LogP contribution in [-0.2, 0) is 19.5 Å². The molecular formula is C19H23N5O2. The molecule has 4 rings (SSSR count). The second kappa shape index (κ2) is 7.19. The van der Waals surface area contributed by atoms with E-state index in [0.29, 0.717) is 6.54 Å². The zero-order valence-corrected chi connectivity index (χ0v) is 14.9. The van der Waals surface area contributed by atoms with Crippen LogP contribution in [0.25, 0.3) is 11.0 Å². The van der Waals surface area contributed by atoms with Crippen LogP contribution in [0.2, 0.25) is 0 Å². The molecule has 2 N–H and O–H groups in total. The molecule has 2 amide bonds. The molecule has 0 saturated carbocycles. The van der Waals surface area contributed by atoms with Crippen molar-refractivity contribution in [1.82, 2.24) is 25.4 Å². The minimum Gasteiger partial charge on any atom is -0.459 e. The quantitative estimate of drug-likeness (QED) is 0.753. The Labute approximate surface area is 151 Å². The predicted molar refractivity (Wildman–Crippen MR) is 97.6 cm³/mol. The highest BCUT2D eigenvalue weighted by Gasteiger charge is 2.17. The normalized spacial score (nSPS) is 15.3. The molecule has 7 nitrogen and oxygen atoms in total. The van der Waals surface area contributed by atoms with Crippen LogP contribution in [-0.4, -0.2) is 20.8 Å². The van der Waals surface area contributed by atoms with Gasteiger partial charge in [-0.3, -0.25) is 0 Å². The molecule has 0 bridgehead atoms. The van der Waals surface area contributed by atoms with Crippen LogP contribution < -0.4 is 10.6 Å². The Hall–Kier alpha value is -2.83. The second-order valence-corrected chi connectivity index (χ2v) is 6.73. The van der Waals surface area contributed by atoms with Gasteiger partial charge in [-0.2, -0.15) is 0 Å². The van der Waals surface area contributed by atoms with E-state index in [4.69, 9.17) is 4.42 Å². The lowest BCUT2D eigenvalue weighted by atomic mass is 10.2. The smallest absolute Gasteiger partial charge is 0.315 e. The van der Waals surface area contributed by atoms with Crippen LogP contribution in [0.5, 0.6) is 0 Å². The maximum absolute atomic E-state index is 12.3. The van der Waals surface area contributed by atoms with Crippen LogP contribution in [0.15, 0.2) is 34.7 Å². The van der Waals surface area contributed by atoms with Gasteiger partial charge in [0.2, 0.25) is 0 Å². The third-order valence-corrected chi connectivity index (χ3v) is 4.81. The molecule has 2 aromatic heterocycles. The van der Waals surface area contributed by atoms with Gasteiger partial charge >= 0.3 is 6.03 Å². The van der Waals surface area contributed by atoms with E-state index in [1.807, 2.05) is 37.3 Å². The van der Waals surface area contributed by atoms with Gasteiger partial charge in [0.1, 0.15) is 17.2 Å². The van der Waals surface area contributed by atoms with Crippen molar-refractivity contribution in [3.8, 4) is 0 Å². The number of aromatic nitrogens is 3. The fourth-order valence-electron chi connectivity index (χ4n) is 3.37. The summed E-state index contributed by atoms with van der Waals surface area (Å²) in [5.41, 5.74) is 0.822. The van der Waals surface area contributed by atoms with Crippen molar-refractivity contribution >= 4 is 17.0 Å². The number of para-hydroxylation sites is 1. The third-order valence-electron chi connectivity index (χ3n) is 4.81. The largest absolute Gasteiger partial charge is 0.459 e. The molecule has 0 fully saturated rings. The number of urea groups is 1. The first-order valence-corrected chi connectivity index (χ1v) is 9.14. The van der Waals surface area contributed by atoms with Crippen molar-refractivity contribution in [2.45, 2.75) is 51.7 Å². The minimum absolute atomic E-state index is 0.224. The van der Waals surface area contributed by atoms with Crippen LogP contribution >= 0.6 is 0 Å². The number of nitrogens with zero attached hydrogens (tertiary/aromatic N) is 3. The van der Waals surface area contributed by atoms with E-state index in [-0.39, 0.29) is 12.1 Å². The summed E-state index contributed by atoms with van der Waals surface area (Å²) >= 11 is 0. The van der Waals surface area contributed by atoms with E-state index >= 15 is 0 Å². The van der Waals surface area contributed by atoms with Crippen molar-refractivity contribution in [2.75, 3.05) is 0 Å². The Balaban J connectivity index is 1.36. The number of amides is 2. The number of aryl methyl sites for hydroxylation is 1. The molecule has 7 heteroatoms. The van der Waals surface area contributed by atoms with Gasteiger partial charge in [0.15, 0.2) is 5.82 Å². The standard InChI is InChI=1S/C19H23N5O2/c1-13(16-11-14-7-4-5-8-15(14)26-16)21-19(25)20-12-18-23-22-17-9-3-2-6-10-24(17)18/h4-5,7-8,11,13H,2-3,6,9-10,12H2,1H3,(H2,20,21,25). The summed E-state index contributed by atoms with van der Waals surface area (Å²) in [4.78, 5) is 12.3. The molecule has 3 heterocycles. The maximum atomic E-state index is 12.3. The highest BCUT2D eigenvalue weighted by atomic mass is 16.3. The number of furan rings is 1. The molecular weight excluding hydrogens is 330 g/mol. The zero-order chi connectivity index (χ0) is 17.9. The summed E-state index contributed by atoms with van der Waals surface area (Å²) in [7, 11) is 0. The number of hydrogen-bond acceptors (Lipinski definition) is 4. The molecule has 3 aromatic rings. The molecule has 136 valence electrons. The molecule has 1 aromatic carbocycles. The Morgan fingerprint density at radius 3 is 3.04 bits per heavy atom. The highest BCUT2D eigenvalue weighted by Crippen LogP contribution is 2.23. The van der Waals surface area contributed by atoms with Crippen LogP contribution in [0.1, 0.15) is 49.6 Å². The topological polar surface area (TPSA) is 85.0 Å². The van der Waals surface area contributed by atoms with E-state index in [9.17, 15) is 4.79 Å². The average Bonchev–Trinajstić information content (AvgIpc) is 3.17. The van der Waals surface area contributed by atoms with Gasteiger partial charge in [-0.05, 0) is 31.9 Å². The molecule has 1 atom stereocenters. The Kier molecular flexibility index (Phi) is 4.60. The Morgan fingerprint density at radius 2 is 2.15 bits per heavy atom. The van der Waals surface area contributed by atoms with Gasteiger partial charge in [0, 0.05) is 18.4 Å². The van der Waals surface area contributed by atoms with Crippen molar-refractivity contribution in [2.24, 2.45) is 0 Å². The van der Waals surface area contributed by atoms with Gasteiger partial charge in [-0.1, -0.05) is 24.6 Å². The molecule has 0 saturated heterocycles. The fraction of sp³-hybridized carbons (Fsp3) is 0.421. The number of fused-ring (bicyclic) bond motifs is 2. The first kappa shape index (κ1) is 16.6. The third kappa shape index (κ3) is 3.42. The van der Waals surface area contributed by atoms with Crippen molar-refractivity contribution in [3.63, 3.8) is 0 Å². The van der Waals surface area contributed by atoms with Gasteiger partial charge < -0.3 is 19.6 Å². The molecule has 0 aliphatic carbocycles. The molecule has 1 aliphatic rings. The first-order chi connectivity index (χ1) is 12.7. The van der Waals surface area contributed by atoms with Gasteiger partial charge in [-0.15, -0.1) is 10.2 Å². The predicted octanol–water partition coefficient (Wildman–Crippen LogP) is 3.31. The number of carbonyl (C=O) groups is 1. The minimum atomic E-state index is -0.246. The number of nitrogens with one attached hydrogen (secondary N) is 2. The van der Waals surface area contributed by atoms with E-state index < -0.39 is 0 Å². The van der Waals surface area contributed by atoms with Crippen LogP contribution in [0.3, 0.4) is 0 Å². The van der Waals surface area contributed by atoms with Crippen molar-refractivity contribution < 1.29 is 9.21 Å². The SMILES string of the molecule is CC(NC(=O)NCc1nnc2n1CCCCC2)c1cc2ccccc2o1. The summed E-state index contributed by atoms with van der Waals surface area (Å²) < 4.78 is 7.94. The summed E-state index contributed by atoms with van der Waals surface area (Å²) in [5, 5.41) is 15.3. The van der Waals surface area contributed by atoms with Crippen molar-refractivity contribution in [1.29, 1.82) is 0 Å². The zero-order valence-electron chi connectivity index (χ0n) is 14.9. The van der Waals surface area contributed by atoms with E-state index in [1.54, 1.807) is 0 Å². The lowest BCUT2D eigenvalue weighted by Crippen LogP contribution is -2.37. The van der Waals surface area contributed by atoms with Gasteiger partial charge in [-0.25, -0.2) is 4.79 Å². The maximum Gasteiger partial charge on any atom is 0.315 e. The fourth-order valence-corrected chi connectivity index (χ4v) is 3.37. The van der Waals surface area contributed by atoms with Crippen LogP contribution in [0.4, 0.5) is 4.79 Å². The summed E-state index contributed by atoms with van der Waals surface area (Å²) in [6, 6.07) is 9.30. The van der Waals surface area contributed by atoms with Gasteiger partial charge in [0.05, 0.1) is 12.6 Å². The first-order valence-electron chi connectivity index (χ1n) is 9.14. The molecule has 0 radical (unpaired) electrons. The van der Waals surface area contributed by atoms with E-state index in [2.05, 4.69) is 25.4 Å². The number of carbonyl (C=O) groups excluding carboxylic acids is 1. The summed E-state index contributed by atoms with van der Waals surface area (Å²) in [6.45, 7) is 3.20. The number of hydrogen-bond donors (Lipinski definition) is 2. The monoisotopic (exact) mass is 353 g/mol. The Bertz CT molecular complexity index is 881. The number of rotatable bonds is 4. The average molecular weight is 353 g/mol. The molecule has 26 heavy (non-hydrogen) atoms. The van der Waals surface area contributed by atoms with Gasteiger partial charge in [0.25, 0.3) is 0 Å². The highest BCUT2D eigenvalue weighted by molar-refractivity contribution is 5.78. The molecule has 1 aliphatic heterocycles. The molecule has 1 unspecified atom stereocenters. The second-order valence-electron chi connectivity index (χ2n) is 6.73. The Morgan fingerprint density at radius 1 is 1.27 bits per heavy atom. The number of benzene rings is 1. The molecule has 0 spiro atoms.